The number of nitrogens with zero attached hydrogens (tertiary/aromatic N) is 4. The normalized spacial score (nSPS) is 22.9. The fraction of sp³-hybridized carbons (Fsp3) is 0.571. The molecule has 1 aromatic rings. The highest BCUT2D eigenvalue weighted by atomic mass is 16.6. The van der Waals surface area contributed by atoms with Crippen molar-refractivity contribution < 1.29 is 14.8 Å². The zero-order valence-electron chi connectivity index (χ0n) is 18.3. The number of hydrogen-bond acceptors (Lipinski definition) is 9. The Labute approximate surface area is 183 Å². The first kappa shape index (κ1) is 24.9. The van der Waals surface area contributed by atoms with Gasteiger partial charge in [0.05, 0.1) is 22.8 Å². The zero-order chi connectivity index (χ0) is 23.0. The number of aliphatic hydroxyl groups excluding tert-OH is 1. The average Bonchev–Trinajstić information content (AvgIpc) is 2.74. The van der Waals surface area contributed by atoms with E-state index in [1.54, 1.807) is 18.3 Å². The van der Waals surface area contributed by atoms with Crippen molar-refractivity contribution in [2.24, 2.45) is 16.6 Å². The van der Waals surface area contributed by atoms with Crippen molar-refractivity contribution in [2.75, 3.05) is 20.1 Å². The van der Waals surface area contributed by atoms with Gasteiger partial charge in [-0.05, 0) is 39.1 Å². The molecule has 0 bridgehead atoms. The first-order valence-corrected chi connectivity index (χ1v) is 10.4. The maximum atomic E-state index is 10.8. The molecule has 1 saturated heterocycles. The predicted molar refractivity (Wildman–Crippen MR) is 120 cm³/mol. The van der Waals surface area contributed by atoms with Crippen LogP contribution in [0.5, 0.6) is 0 Å². The van der Waals surface area contributed by atoms with Gasteiger partial charge in [-0.25, -0.2) is 5.84 Å². The molecule has 4 atom stereocenters. The molecule has 5 N–H and O–H groups in total. The van der Waals surface area contributed by atoms with Crippen LogP contribution in [0.15, 0.2) is 41.2 Å². The summed E-state index contributed by atoms with van der Waals surface area (Å²) in [4.78, 5) is 16.7. The quantitative estimate of drug-likeness (QED) is 0.205. The second-order valence-electron chi connectivity index (χ2n) is 8.00. The van der Waals surface area contributed by atoms with Crippen LogP contribution in [-0.4, -0.2) is 71.3 Å². The van der Waals surface area contributed by atoms with Gasteiger partial charge in [0.15, 0.2) is 6.29 Å². The molecule has 0 unspecified atom stereocenters. The molecule has 31 heavy (non-hydrogen) atoms. The second-order valence-corrected chi connectivity index (χ2v) is 8.00. The lowest BCUT2D eigenvalue weighted by Gasteiger charge is -2.36. The van der Waals surface area contributed by atoms with Crippen LogP contribution < -0.4 is 11.6 Å². The van der Waals surface area contributed by atoms with Crippen LogP contribution in [0.3, 0.4) is 0 Å². The van der Waals surface area contributed by atoms with E-state index in [2.05, 4.69) is 16.6 Å². The lowest BCUT2D eigenvalue weighted by atomic mass is 10.0. The number of non-ortho nitro benzene ring substituents is 1. The summed E-state index contributed by atoms with van der Waals surface area (Å²) in [6, 6.07) is 6.41. The van der Waals surface area contributed by atoms with Crippen molar-refractivity contribution in [1.29, 1.82) is 0 Å². The molecule has 0 aromatic heterocycles. The minimum Gasteiger partial charge on any atom is -0.368 e. The van der Waals surface area contributed by atoms with Gasteiger partial charge in [-0.1, -0.05) is 12.1 Å². The van der Waals surface area contributed by atoms with E-state index in [-0.39, 0.29) is 23.9 Å². The Morgan fingerprint density at radius 1 is 1.45 bits per heavy atom. The number of ether oxygens (including phenoxy) is 1. The molecule has 172 valence electrons. The summed E-state index contributed by atoms with van der Waals surface area (Å²) in [5.41, 5.74) is 7.60. The number of nitro groups is 1. The van der Waals surface area contributed by atoms with E-state index in [0.29, 0.717) is 25.8 Å². The van der Waals surface area contributed by atoms with E-state index in [0.717, 1.165) is 24.2 Å². The maximum Gasteiger partial charge on any atom is 0.269 e. The van der Waals surface area contributed by atoms with Crippen LogP contribution in [0.25, 0.3) is 0 Å². The van der Waals surface area contributed by atoms with Crippen molar-refractivity contribution in [3.8, 4) is 0 Å². The van der Waals surface area contributed by atoms with Crippen molar-refractivity contribution in [2.45, 2.75) is 57.1 Å². The maximum absolute atomic E-state index is 10.8. The van der Waals surface area contributed by atoms with E-state index < -0.39 is 11.2 Å². The molecule has 2 rings (SSSR count). The third-order valence-electron chi connectivity index (χ3n) is 5.62. The van der Waals surface area contributed by atoms with E-state index in [1.165, 1.54) is 17.1 Å². The number of aliphatic imine (C=N–C) groups is 1. The second kappa shape index (κ2) is 11.9. The smallest absolute Gasteiger partial charge is 0.269 e. The molecule has 10 heteroatoms. The van der Waals surface area contributed by atoms with Gasteiger partial charge in [0.25, 0.3) is 5.69 Å². The van der Waals surface area contributed by atoms with Crippen molar-refractivity contribution in [3.05, 3.63) is 51.8 Å². The van der Waals surface area contributed by atoms with Crippen LogP contribution in [0, 0.1) is 10.1 Å². The van der Waals surface area contributed by atoms with Crippen LogP contribution in [-0.2, 0) is 11.2 Å². The van der Waals surface area contributed by atoms with Gasteiger partial charge in [-0.2, -0.15) is 0 Å². The summed E-state index contributed by atoms with van der Waals surface area (Å²) in [6.45, 7) is 6.66. The highest BCUT2D eigenvalue weighted by Gasteiger charge is 2.28. The molecule has 0 amide bonds. The third kappa shape index (κ3) is 7.67. The molecular formula is C21H34N6O4. The summed E-state index contributed by atoms with van der Waals surface area (Å²) in [6.07, 6.45) is 3.66. The largest absolute Gasteiger partial charge is 0.368 e. The number of nitrogens with two attached hydrogens (primary N) is 2. The molecule has 10 nitrogen and oxygen atoms in total. The highest BCUT2D eigenvalue weighted by Crippen LogP contribution is 2.22. The molecule has 0 radical (unpaired) electrons. The summed E-state index contributed by atoms with van der Waals surface area (Å²) in [5.74, 6) is 6.23. The Morgan fingerprint density at radius 2 is 2.13 bits per heavy atom. The topological polar surface area (TPSA) is 143 Å². The number of hydrazine groups is 1. The van der Waals surface area contributed by atoms with Crippen molar-refractivity contribution in [3.63, 3.8) is 0 Å². The predicted octanol–water partition coefficient (Wildman–Crippen LogP) is 1.39. The highest BCUT2D eigenvalue weighted by molar-refractivity contribution is 5.33. The number of benzene rings is 1. The van der Waals surface area contributed by atoms with Crippen molar-refractivity contribution >= 4 is 12.4 Å². The van der Waals surface area contributed by atoms with Crippen molar-refractivity contribution in [1.82, 2.24) is 9.91 Å². The van der Waals surface area contributed by atoms with Gasteiger partial charge in [0, 0.05) is 50.3 Å². The first-order chi connectivity index (χ1) is 14.7. The molecular weight excluding hydrogens is 400 g/mol. The van der Waals surface area contributed by atoms with E-state index in [4.69, 9.17) is 16.3 Å². The minimum atomic E-state index is -0.729. The van der Waals surface area contributed by atoms with Crippen LogP contribution >= 0.6 is 0 Å². The SMILES string of the molecule is C=N/C(=C\N(N)[C@H](CN)Cc1ccc([N+](=O)[O-])cc1)CCN(C)[C@H]1C[C@@H](C)O[C@@H](O)C1. The van der Waals surface area contributed by atoms with Crippen LogP contribution in [0.2, 0.25) is 0 Å². The first-order valence-electron chi connectivity index (χ1n) is 10.4. The Kier molecular flexibility index (Phi) is 9.53. The molecule has 0 saturated carbocycles. The number of nitro benzene ring substituents is 1. The van der Waals surface area contributed by atoms with E-state index in [9.17, 15) is 15.2 Å². The van der Waals surface area contributed by atoms with E-state index >= 15 is 0 Å². The zero-order valence-corrected chi connectivity index (χ0v) is 18.3. The summed E-state index contributed by atoms with van der Waals surface area (Å²) < 4.78 is 5.39. The van der Waals surface area contributed by atoms with Crippen LogP contribution in [0.4, 0.5) is 5.69 Å². The molecule has 1 aliphatic heterocycles. The van der Waals surface area contributed by atoms with Gasteiger partial charge >= 0.3 is 0 Å². The summed E-state index contributed by atoms with van der Waals surface area (Å²) in [5, 5.41) is 22.2. The van der Waals surface area contributed by atoms with Crippen LogP contribution in [0.1, 0.15) is 31.7 Å². The Morgan fingerprint density at radius 3 is 2.68 bits per heavy atom. The lowest BCUT2D eigenvalue weighted by molar-refractivity contribution is -0.384. The van der Waals surface area contributed by atoms with E-state index in [1.807, 2.05) is 14.0 Å². The molecule has 0 aliphatic carbocycles. The molecule has 0 spiro atoms. The lowest BCUT2D eigenvalue weighted by Crippen LogP contribution is -2.44. The third-order valence-corrected chi connectivity index (χ3v) is 5.62. The molecule has 1 aromatic carbocycles. The monoisotopic (exact) mass is 434 g/mol. The molecule has 1 aliphatic rings. The number of aliphatic hydroxyl groups is 1. The van der Waals surface area contributed by atoms with Gasteiger partial charge in [-0.3, -0.25) is 15.1 Å². The Bertz CT molecular complexity index is 747. The number of hydrogen-bond donors (Lipinski definition) is 3. The average molecular weight is 435 g/mol. The van der Waals surface area contributed by atoms with Gasteiger partial charge in [0.1, 0.15) is 0 Å². The molecule has 1 heterocycles. The van der Waals surface area contributed by atoms with Gasteiger partial charge in [0.2, 0.25) is 0 Å². The summed E-state index contributed by atoms with van der Waals surface area (Å²) >= 11 is 0. The fourth-order valence-corrected chi connectivity index (χ4v) is 3.72. The fourth-order valence-electron chi connectivity index (χ4n) is 3.72. The standard InChI is InChI=1S/C21H34N6O4/c1-15-10-19(12-21(28)31-15)25(3)9-8-17(24-2)14-26(23)20(13-22)11-16-4-6-18(7-5-16)27(29)30/h4-7,14-15,19-21,28H,2,8-13,22-23H2,1,3H3/b17-14-/t15-,19+,20+,21-/m1/s1. The Balaban J connectivity index is 1.94. The minimum absolute atomic E-state index is 0.0213. The van der Waals surface area contributed by atoms with Gasteiger partial charge in [-0.15, -0.1) is 0 Å². The summed E-state index contributed by atoms with van der Waals surface area (Å²) in [7, 11) is 2.02. The number of rotatable bonds is 11. The Hall–Kier alpha value is -2.37. The van der Waals surface area contributed by atoms with Gasteiger partial charge < -0.3 is 25.5 Å². The molecule has 1 fully saturated rings.